The molecule has 0 saturated carbocycles. The SMILES string of the molecule is CCCCCCCCCCCCCCNC(c1ccccc1)[P+]([O-])([O-])[O-]. The summed E-state index contributed by atoms with van der Waals surface area (Å²) in [6.07, 6.45) is 15.2. The normalized spacial score (nSPS) is 13.1. The van der Waals surface area contributed by atoms with E-state index in [1.807, 2.05) is 6.07 Å². The van der Waals surface area contributed by atoms with E-state index in [-0.39, 0.29) is 0 Å². The molecule has 0 amide bonds. The summed E-state index contributed by atoms with van der Waals surface area (Å²) in [5, 5.41) is 2.92. The lowest BCUT2D eigenvalue weighted by Gasteiger charge is -2.48. The summed E-state index contributed by atoms with van der Waals surface area (Å²) in [6.45, 7) is 2.81. The Kier molecular flexibility index (Phi) is 13.2. The van der Waals surface area contributed by atoms with Crippen molar-refractivity contribution in [2.24, 2.45) is 0 Å². The fourth-order valence-corrected chi connectivity index (χ4v) is 4.14. The standard InChI is InChI=1S/C21H38NO3P/c1-2-3-4-5-6-7-8-9-10-11-12-16-19-22-21(26(23,24)25)20-17-14-13-15-18-20/h13-15,17-18,21-22H,2-12,16,19H2,1H3,(H2,23,24,25)/p-2. The van der Waals surface area contributed by atoms with Gasteiger partial charge in [-0.2, -0.15) is 0 Å². The summed E-state index contributed by atoms with van der Waals surface area (Å²) in [7, 11) is -4.69. The minimum Gasteiger partial charge on any atom is -0.686 e. The number of rotatable bonds is 16. The minimum absolute atomic E-state index is 0.528. The Hall–Kier alpha value is -0.510. The molecule has 1 aromatic carbocycles. The molecule has 1 unspecified atom stereocenters. The first-order chi connectivity index (χ1) is 12.6. The monoisotopic (exact) mass is 381 g/mol. The number of hydrogen-bond acceptors (Lipinski definition) is 4. The highest BCUT2D eigenvalue weighted by Gasteiger charge is 2.18. The predicted molar refractivity (Wildman–Crippen MR) is 105 cm³/mol. The molecule has 0 saturated heterocycles. The van der Waals surface area contributed by atoms with E-state index in [4.69, 9.17) is 0 Å². The maximum atomic E-state index is 11.5. The van der Waals surface area contributed by atoms with Crippen LogP contribution in [0.5, 0.6) is 0 Å². The van der Waals surface area contributed by atoms with Crippen LogP contribution in [0.25, 0.3) is 0 Å². The van der Waals surface area contributed by atoms with Crippen LogP contribution in [-0.2, 0) is 0 Å². The van der Waals surface area contributed by atoms with Gasteiger partial charge in [-0.15, -0.1) is 7.94 Å². The topological polar surface area (TPSA) is 81.2 Å². The maximum Gasteiger partial charge on any atom is 0.127 e. The second-order valence-corrected chi connectivity index (χ2v) is 8.79. The van der Waals surface area contributed by atoms with Gasteiger partial charge < -0.3 is 14.7 Å². The van der Waals surface area contributed by atoms with Crippen LogP contribution in [-0.4, -0.2) is 6.54 Å². The molecule has 1 rings (SSSR count). The maximum absolute atomic E-state index is 11.5. The van der Waals surface area contributed by atoms with Crippen LogP contribution in [0, 0.1) is 0 Å². The van der Waals surface area contributed by atoms with Crippen molar-refractivity contribution in [3.8, 4) is 0 Å². The molecule has 1 aromatic rings. The number of hydrogen-bond donors (Lipinski definition) is 1. The molecule has 26 heavy (non-hydrogen) atoms. The minimum atomic E-state index is -4.69. The molecule has 5 heteroatoms. The highest BCUT2D eigenvalue weighted by atomic mass is 31.2. The number of benzene rings is 1. The van der Waals surface area contributed by atoms with E-state index in [9.17, 15) is 14.7 Å². The van der Waals surface area contributed by atoms with Crippen LogP contribution in [0.3, 0.4) is 0 Å². The van der Waals surface area contributed by atoms with E-state index in [2.05, 4.69) is 12.2 Å². The van der Waals surface area contributed by atoms with Gasteiger partial charge >= 0.3 is 0 Å². The van der Waals surface area contributed by atoms with Gasteiger partial charge in [0.2, 0.25) is 0 Å². The van der Waals surface area contributed by atoms with E-state index < -0.39 is 13.7 Å². The molecule has 0 heterocycles. The number of unbranched alkanes of at least 4 members (excludes halogenated alkanes) is 11. The predicted octanol–water partition coefficient (Wildman–Crippen LogP) is 3.82. The summed E-state index contributed by atoms with van der Waals surface area (Å²) in [5.41, 5.74) is 0.528. The second-order valence-electron chi connectivity index (χ2n) is 7.20. The van der Waals surface area contributed by atoms with Crippen molar-refractivity contribution in [3.63, 3.8) is 0 Å². The summed E-state index contributed by atoms with van der Waals surface area (Å²) in [6, 6.07) is 8.68. The van der Waals surface area contributed by atoms with Crippen LogP contribution in [0.1, 0.15) is 95.3 Å². The Balaban J connectivity index is 2.03. The van der Waals surface area contributed by atoms with Crippen LogP contribution in [0.2, 0.25) is 0 Å². The molecule has 150 valence electrons. The zero-order chi connectivity index (χ0) is 19.1. The van der Waals surface area contributed by atoms with Crippen molar-refractivity contribution in [2.45, 2.75) is 89.8 Å². The van der Waals surface area contributed by atoms with Gasteiger partial charge in [0.05, 0.1) is 0 Å². The van der Waals surface area contributed by atoms with E-state index in [0.717, 1.165) is 12.8 Å². The molecular weight excluding hydrogens is 345 g/mol. The third-order valence-corrected chi connectivity index (χ3v) is 5.91. The van der Waals surface area contributed by atoms with Gasteiger partial charge in [-0.25, -0.2) is 0 Å². The molecule has 0 spiro atoms. The van der Waals surface area contributed by atoms with E-state index in [0.29, 0.717) is 12.1 Å². The lowest BCUT2D eigenvalue weighted by atomic mass is 10.1. The van der Waals surface area contributed by atoms with Gasteiger partial charge in [0.25, 0.3) is 0 Å². The van der Waals surface area contributed by atoms with Crippen LogP contribution >= 0.6 is 7.94 Å². The fraction of sp³-hybridized carbons (Fsp3) is 0.714. The van der Waals surface area contributed by atoms with Gasteiger partial charge in [-0.05, 0) is 13.0 Å². The van der Waals surface area contributed by atoms with Gasteiger partial charge in [0.15, 0.2) is 0 Å². The van der Waals surface area contributed by atoms with Crippen LogP contribution in [0.15, 0.2) is 30.3 Å². The Morgan fingerprint density at radius 3 is 1.65 bits per heavy atom. The second kappa shape index (κ2) is 14.5. The molecule has 0 aromatic heterocycles. The molecule has 0 aliphatic carbocycles. The third kappa shape index (κ3) is 11.3. The summed E-state index contributed by atoms with van der Waals surface area (Å²) in [5.74, 6) is -1.11. The Morgan fingerprint density at radius 1 is 0.731 bits per heavy atom. The Morgan fingerprint density at radius 2 is 1.19 bits per heavy atom. The highest BCUT2D eigenvalue weighted by molar-refractivity contribution is 7.54. The quantitative estimate of drug-likeness (QED) is 0.349. The van der Waals surface area contributed by atoms with Gasteiger partial charge in [-0.3, -0.25) is 5.32 Å². The van der Waals surface area contributed by atoms with Crippen molar-refractivity contribution in [1.82, 2.24) is 5.32 Å². The Bertz CT molecular complexity index is 437. The summed E-state index contributed by atoms with van der Waals surface area (Å²) in [4.78, 5) is 34.5. The van der Waals surface area contributed by atoms with Gasteiger partial charge in [-0.1, -0.05) is 108 Å². The zero-order valence-corrected chi connectivity index (χ0v) is 17.2. The lowest BCUT2D eigenvalue weighted by Crippen LogP contribution is -2.42. The van der Waals surface area contributed by atoms with Crippen molar-refractivity contribution in [3.05, 3.63) is 35.9 Å². The first-order valence-corrected chi connectivity index (χ1v) is 12.0. The van der Waals surface area contributed by atoms with Crippen LogP contribution < -0.4 is 20.0 Å². The molecule has 0 aliphatic rings. The molecule has 0 fully saturated rings. The average molecular weight is 381 g/mol. The molecule has 1 atom stereocenters. The zero-order valence-electron chi connectivity index (χ0n) is 16.3. The number of nitrogens with one attached hydrogen (secondary N) is 1. The summed E-state index contributed by atoms with van der Waals surface area (Å²) < 4.78 is 0. The molecule has 1 N–H and O–H groups in total. The Labute approximate surface area is 160 Å². The largest absolute Gasteiger partial charge is 0.686 e. The van der Waals surface area contributed by atoms with Crippen molar-refractivity contribution in [2.75, 3.05) is 6.54 Å². The average Bonchev–Trinajstić information content (AvgIpc) is 2.62. The van der Waals surface area contributed by atoms with E-state index in [1.165, 1.54) is 64.2 Å². The summed E-state index contributed by atoms with van der Waals surface area (Å²) >= 11 is 0. The van der Waals surface area contributed by atoms with E-state index in [1.54, 1.807) is 24.3 Å². The van der Waals surface area contributed by atoms with Crippen LogP contribution in [0.4, 0.5) is 0 Å². The first-order valence-electron chi connectivity index (χ1n) is 10.4. The molecule has 0 bridgehead atoms. The fourth-order valence-electron chi connectivity index (χ4n) is 3.25. The molecule has 0 radical (unpaired) electrons. The lowest BCUT2D eigenvalue weighted by molar-refractivity contribution is -0.432. The van der Waals surface area contributed by atoms with Crippen molar-refractivity contribution in [1.29, 1.82) is 0 Å². The molecule has 4 nitrogen and oxygen atoms in total. The van der Waals surface area contributed by atoms with Crippen molar-refractivity contribution < 1.29 is 14.7 Å². The van der Waals surface area contributed by atoms with E-state index >= 15 is 0 Å². The third-order valence-electron chi connectivity index (χ3n) is 4.80. The highest BCUT2D eigenvalue weighted by Crippen LogP contribution is 2.45. The molecular formula is C21H36NO3P-2. The molecule has 0 aliphatic heterocycles. The van der Waals surface area contributed by atoms with Gasteiger partial charge in [0.1, 0.15) is 5.78 Å². The van der Waals surface area contributed by atoms with Crippen molar-refractivity contribution >= 4 is 7.94 Å². The first kappa shape index (κ1) is 23.5. The van der Waals surface area contributed by atoms with Gasteiger partial charge in [0, 0.05) is 5.56 Å². The smallest absolute Gasteiger partial charge is 0.127 e.